The van der Waals surface area contributed by atoms with Crippen molar-refractivity contribution < 1.29 is 14.6 Å². The van der Waals surface area contributed by atoms with Crippen LogP contribution in [-0.4, -0.2) is 32.5 Å². The molecule has 0 amide bonds. The van der Waals surface area contributed by atoms with Gasteiger partial charge in [0.1, 0.15) is 0 Å². The van der Waals surface area contributed by atoms with Gasteiger partial charge >= 0.3 is 0 Å². The van der Waals surface area contributed by atoms with E-state index in [0.717, 1.165) is 18.5 Å². The largest absolute Gasteiger partial charge is 0.493 e. The van der Waals surface area contributed by atoms with Crippen LogP contribution in [0.25, 0.3) is 0 Å². The van der Waals surface area contributed by atoms with Crippen LogP contribution in [0, 0.1) is 5.92 Å². The predicted octanol–water partition coefficient (Wildman–Crippen LogP) is 2.47. The van der Waals surface area contributed by atoms with Crippen molar-refractivity contribution >= 4 is 11.6 Å². The van der Waals surface area contributed by atoms with Gasteiger partial charge in [-0.05, 0) is 30.5 Å². The maximum Gasteiger partial charge on any atom is 0.179 e. The molecule has 0 spiro atoms. The summed E-state index contributed by atoms with van der Waals surface area (Å²) in [6, 6.07) is 3.77. The zero-order chi connectivity index (χ0) is 14.3. The van der Waals surface area contributed by atoms with Crippen LogP contribution in [0.2, 0.25) is 5.02 Å². The van der Waals surface area contributed by atoms with Crippen molar-refractivity contribution in [3.63, 3.8) is 0 Å². The number of hydrogen-bond acceptors (Lipinski definition) is 4. The number of ether oxygens (including phenoxy) is 2. The van der Waals surface area contributed by atoms with Gasteiger partial charge < -0.3 is 19.9 Å². The number of halogens is 1. The van der Waals surface area contributed by atoms with Crippen LogP contribution in [0.15, 0.2) is 12.1 Å². The van der Waals surface area contributed by atoms with Gasteiger partial charge in [0.05, 0.1) is 19.2 Å². The second-order valence-electron chi connectivity index (χ2n) is 4.52. The van der Waals surface area contributed by atoms with Crippen molar-refractivity contribution in [1.82, 2.24) is 5.32 Å². The van der Waals surface area contributed by atoms with E-state index in [1.807, 2.05) is 12.1 Å². The molecular formula is C14H22ClNO3. The lowest BCUT2D eigenvalue weighted by molar-refractivity contribution is 0.260. The van der Waals surface area contributed by atoms with E-state index >= 15 is 0 Å². The Kier molecular flexibility index (Phi) is 6.99. The second kappa shape index (κ2) is 8.25. The molecule has 0 aliphatic heterocycles. The first kappa shape index (κ1) is 16.1. The van der Waals surface area contributed by atoms with Crippen molar-refractivity contribution in [3.8, 4) is 11.5 Å². The Labute approximate surface area is 119 Å². The summed E-state index contributed by atoms with van der Waals surface area (Å²) in [5, 5.41) is 12.7. The minimum Gasteiger partial charge on any atom is -0.493 e. The molecular weight excluding hydrogens is 266 g/mol. The average Bonchev–Trinajstić information content (AvgIpc) is 2.40. The SMILES string of the molecule is COc1ccc(CNCC(C)CCO)c(Cl)c1OC. The Hall–Kier alpha value is -0.970. The van der Waals surface area contributed by atoms with Crippen molar-refractivity contribution in [2.24, 2.45) is 5.92 Å². The molecule has 0 saturated heterocycles. The highest BCUT2D eigenvalue weighted by molar-refractivity contribution is 6.33. The molecule has 1 unspecified atom stereocenters. The van der Waals surface area contributed by atoms with Crippen LogP contribution in [0.3, 0.4) is 0 Å². The van der Waals surface area contributed by atoms with Crippen molar-refractivity contribution in [2.45, 2.75) is 19.9 Å². The molecule has 0 aliphatic carbocycles. The lowest BCUT2D eigenvalue weighted by atomic mass is 10.1. The van der Waals surface area contributed by atoms with Gasteiger partial charge in [0.25, 0.3) is 0 Å². The number of methoxy groups -OCH3 is 2. The van der Waals surface area contributed by atoms with Gasteiger partial charge in [0, 0.05) is 13.2 Å². The third-order valence-corrected chi connectivity index (χ3v) is 3.41. The third-order valence-electron chi connectivity index (χ3n) is 3.00. The summed E-state index contributed by atoms with van der Waals surface area (Å²) < 4.78 is 10.4. The molecule has 1 rings (SSSR count). The van der Waals surface area contributed by atoms with E-state index in [1.54, 1.807) is 14.2 Å². The highest BCUT2D eigenvalue weighted by atomic mass is 35.5. The van der Waals surface area contributed by atoms with Gasteiger partial charge in [0.2, 0.25) is 0 Å². The molecule has 0 aromatic heterocycles. The van der Waals surface area contributed by atoms with E-state index < -0.39 is 0 Å². The van der Waals surface area contributed by atoms with E-state index in [0.29, 0.717) is 29.0 Å². The zero-order valence-corrected chi connectivity index (χ0v) is 12.5. The summed E-state index contributed by atoms with van der Waals surface area (Å²) >= 11 is 6.28. The molecule has 4 nitrogen and oxygen atoms in total. The highest BCUT2D eigenvalue weighted by Crippen LogP contribution is 2.37. The fraction of sp³-hybridized carbons (Fsp3) is 0.571. The minimum absolute atomic E-state index is 0.222. The predicted molar refractivity (Wildman–Crippen MR) is 77.1 cm³/mol. The van der Waals surface area contributed by atoms with Crippen LogP contribution in [0.1, 0.15) is 18.9 Å². The van der Waals surface area contributed by atoms with E-state index in [9.17, 15) is 0 Å². The molecule has 1 aromatic rings. The molecule has 0 saturated carbocycles. The molecule has 0 fully saturated rings. The maximum absolute atomic E-state index is 8.84. The number of aliphatic hydroxyl groups excluding tert-OH is 1. The molecule has 0 bridgehead atoms. The van der Waals surface area contributed by atoms with Gasteiger partial charge in [0.15, 0.2) is 11.5 Å². The first-order valence-corrected chi connectivity index (χ1v) is 6.72. The lowest BCUT2D eigenvalue weighted by Gasteiger charge is -2.15. The van der Waals surface area contributed by atoms with Gasteiger partial charge in [-0.15, -0.1) is 0 Å². The van der Waals surface area contributed by atoms with Crippen molar-refractivity contribution in [2.75, 3.05) is 27.4 Å². The highest BCUT2D eigenvalue weighted by Gasteiger charge is 2.12. The molecule has 1 aromatic carbocycles. The topological polar surface area (TPSA) is 50.7 Å². The van der Waals surface area contributed by atoms with E-state index in [-0.39, 0.29) is 6.61 Å². The van der Waals surface area contributed by atoms with Crippen LogP contribution >= 0.6 is 11.6 Å². The first-order valence-electron chi connectivity index (χ1n) is 6.35. The van der Waals surface area contributed by atoms with Crippen LogP contribution in [0.5, 0.6) is 11.5 Å². The third kappa shape index (κ3) is 4.56. The fourth-order valence-electron chi connectivity index (χ4n) is 1.84. The zero-order valence-electron chi connectivity index (χ0n) is 11.7. The normalized spacial score (nSPS) is 12.3. The van der Waals surface area contributed by atoms with E-state index in [1.165, 1.54) is 0 Å². The van der Waals surface area contributed by atoms with Crippen molar-refractivity contribution in [3.05, 3.63) is 22.7 Å². The fourth-order valence-corrected chi connectivity index (χ4v) is 2.14. The van der Waals surface area contributed by atoms with Gasteiger partial charge in [-0.1, -0.05) is 24.6 Å². The van der Waals surface area contributed by atoms with Crippen LogP contribution < -0.4 is 14.8 Å². The Balaban J connectivity index is 2.64. The maximum atomic E-state index is 8.84. The lowest BCUT2D eigenvalue weighted by Crippen LogP contribution is -2.21. The molecule has 1 atom stereocenters. The molecule has 2 N–H and O–H groups in total. The van der Waals surface area contributed by atoms with Gasteiger partial charge in [-0.25, -0.2) is 0 Å². The monoisotopic (exact) mass is 287 g/mol. The van der Waals surface area contributed by atoms with E-state index in [2.05, 4.69) is 12.2 Å². The Bertz CT molecular complexity index is 399. The summed E-state index contributed by atoms with van der Waals surface area (Å²) in [4.78, 5) is 0. The summed E-state index contributed by atoms with van der Waals surface area (Å²) in [5.41, 5.74) is 0.968. The van der Waals surface area contributed by atoms with Crippen molar-refractivity contribution in [1.29, 1.82) is 0 Å². The molecule has 5 heteroatoms. The molecule has 19 heavy (non-hydrogen) atoms. The Morgan fingerprint density at radius 2 is 2.05 bits per heavy atom. The first-order chi connectivity index (χ1) is 9.13. The second-order valence-corrected chi connectivity index (χ2v) is 4.90. The molecule has 0 aliphatic rings. The quantitative estimate of drug-likeness (QED) is 0.771. The molecule has 0 heterocycles. The summed E-state index contributed by atoms with van der Waals surface area (Å²) in [7, 11) is 3.16. The number of hydrogen-bond donors (Lipinski definition) is 2. The van der Waals surface area contributed by atoms with Crippen LogP contribution in [-0.2, 0) is 6.54 Å². The number of rotatable bonds is 8. The number of aliphatic hydroxyl groups is 1. The molecule has 0 radical (unpaired) electrons. The van der Waals surface area contributed by atoms with Gasteiger partial charge in [-0.3, -0.25) is 0 Å². The summed E-state index contributed by atoms with van der Waals surface area (Å²) in [6.45, 7) is 3.82. The summed E-state index contributed by atoms with van der Waals surface area (Å²) in [6.07, 6.45) is 0.798. The standard InChI is InChI=1S/C14H22ClNO3/c1-10(6-7-17)8-16-9-11-4-5-12(18-2)14(19-3)13(11)15/h4-5,10,16-17H,6-9H2,1-3H3. The number of benzene rings is 1. The minimum atomic E-state index is 0.222. The Morgan fingerprint density at radius 3 is 2.63 bits per heavy atom. The average molecular weight is 288 g/mol. The van der Waals surface area contributed by atoms with Gasteiger partial charge in [-0.2, -0.15) is 0 Å². The van der Waals surface area contributed by atoms with Crippen LogP contribution in [0.4, 0.5) is 0 Å². The number of nitrogens with one attached hydrogen (secondary N) is 1. The summed E-state index contributed by atoms with van der Waals surface area (Å²) in [5.74, 6) is 1.63. The Morgan fingerprint density at radius 1 is 1.32 bits per heavy atom. The smallest absolute Gasteiger partial charge is 0.179 e. The van der Waals surface area contributed by atoms with E-state index in [4.69, 9.17) is 26.2 Å². The molecule has 108 valence electrons.